The van der Waals surface area contributed by atoms with Crippen molar-refractivity contribution in [3.63, 3.8) is 0 Å². The summed E-state index contributed by atoms with van der Waals surface area (Å²) in [6.45, 7) is 0.623. The van der Waals surface area contributed by atoms with E-state index in [-0.39, 0.29) is 17.0 Å². The summed E-state index contributed by atoms with van der Waals surface area (Å²) >= 11 is 1.52. The predicted octanol–water partition coefficient (Wildman–Crippen LogP) is -0.557. The molecule has 0 atom stereocenters. The van der Waals surface area contributed by atoms with E-state index in [0.717, 1.165) is 5.75 Å². The van der Waals surface area contributed by atoms with Gasteiger partial charge in [0.1, 0.15) is 5.56 Å². The van der Waals surface area contributed by atoms with Crippen molar-refractivity contribution in [1.29, 1.82) is 0 Å². The Morgan fingerprint density at radius 2 is 2.57 bits per heavy atom. The van der Waals surface area contributed by atoms with Gasteiger partial charge in [0.2, 0.25) is 0 Å². The number of nitrogens with zero attached hydrogens (tertiary/aromatic N) is 3. The SMILES string of the molecule is NC(=NO)c1cnc2n(c1=O)CCS2. The van der Waals surface area contributed by atoms with Crippen molar-refractivity contribution in [3.05, 3.63) is 22.1 Å². The Balaban J connectivity index is 2.62. The van der Waals surface area contributed by atoms with Crippen LogP contribution in [0.3, 0.4) is 0 Å². The van der Waals surface area contributed by atoms with Gasteiger partial charge in [-0.25, -0.2) is 4.98 Å². The number of amidine groups is 1. The van der Waals surface area contributed by atoms with Gasteiger partial charge in [-0.2, -0.15) is 0 Å². The highest BCUT2D eigenvalue weighted by molar-refractivity contribution is 7.99. The molecule has 7 heteroatoms. The Kier molecular flexibility index (Phi) is 2.16. The monoisotopic (exact) mass is 212 g/mol. The van der Waals surface area contributed by atoms with E-state index in [1.54, 1.807) is 0 Å². The molecule has 3 N–H and O–H groups in total. The van der Waals surface area contributed by atoms with Gasteiger partial charge in [0.25, 0.3) is 5.56 Å². The molecule has 1 aromatic heterocycles. The van der Waals surface area contributed by atoms with Crippen LogP contribution in [0, 0.1) is 0 Å². The fourth-order valence-corrected chi connectivity index (χ4v) is 2.16. The molecule has 1 aliphatic heterocycles. The van der Waals surface area contributed by atoms with E-state index in [4.69, 9.17) is 10.9 Å². The minimum Gasteiger partial charge on any atom is -0.409 e. The van der Waals surface area contributed by atoms with Gasteiger partial charge in [-0.3, -0.25) is 9.36 Å². The molecule has 1 aliphatic rings. The third-order valence-electron chi connectivity index (χ3n) is 1.94. The van der Waals surface area contributed by atoms with Crippen LogP contribution in [0.25, 0.3) is 0 Å². The van der Waals surface area contributed by atoms with Crippen LogP contribution < -0.4 is 11.3 Å². The van der Waals surface area contributed by atoms with Crippen molar-refractivity contribution in [2.45, 2.75) is 11.7 Å². The Bertz CT molecular complexity index is 453. The highest BCUT2D eigenvalue weighted by Crippen LogP contribution is 2.20. The average molecular weight is 212 g/mol. The van der Waals surface area contributed by atoms with Crippen molar-refractivity contribution in [2.24, 2.45) is 10.9 Å². The molecule has 0 amide bonds. The second-order valence-electron chi connectivity index (χ2n) is 2.74. The Hall–Kier alpha value is -1.50. The lowest BCUT2D eigenvalue weighted by atomic mass is 10.3. The van der Waals surface area contributed by atoms with E-state index in [1.807, 2.05) is 0 Å². The topological polar surface area (TPSA) is 93.5 Å². The van der Waals surface area contributed by atoms with E-state index in [9.17, 15) is 4.79 Å². The average Bonchev–Trinajstić information content (AvgIpc) is 2.66. The molecule has 0 saturated carbocycles. The molecule has 0 saturated heterocycles. The lowest BCUT2D eigenvalue weighted by Gasteiger charge is -2.02. The first-order valence-electron chi connectivity index (χ1n) is 3.94. The zero-order chi connectivity index (χ0) is 10.1. The van der Waals surface area contributed by atoms with Crippen LogP contribution in [-0.4, -0.2) is 26.3 Å². The van der Waals surface area contributed by atoms with Crippen LogP contribution in [-0.2, 0) is 6.54 Å². The second-order valence-corrected chi connectivity index (χ2v) is 3.81. The lowest BCUT2D eigenvalue weighted by Crippen LogP contribution is -2.30. The second kappa shape index (κ2) is 3.33. The van der Waals surface area contributed by atoms with Gasteiger partial charge < -0.3 is 10.9 Å². The number of aromatic nitrogens is 2. The van der Waals surface area contributed by atoms with Crippen molar-refractivity contribution in [2.75, 3.05) is 5.75 Å². The van der Waals surface area contributed by atoms with Crippen LogP contribution in [0.1, 0.15) is 5.56 Å². The number of nitrogens with two attached hydrogens (primary N) is 1. The minimum absolute atomic E-state index is 0.138. The number of thioether (sulfide) groups is 1. The van der Waals surface area contributed by atoms with Crippen LogP contribution in [0.5, 0.6) is 0 Å². The maximum Gasteiger partial charge on any atom is 0.265 e. The standard InChI is InChI=1S/C7H8N4O2S/c8-5(10-13)4-3-9-7-11(6(4)12)1-2-14-7/h3,13H,1-2H2,(H2,8,10). The van der Waals surface area contributed by atoms with Crippen molar-refractivity contribution < 1.29 is 5.21 Å². The highest BCUT2D eigenvalue weighted by Gasteiger charge is 2.17. The van der Waals surface area contributed by atoms with Gasteiger partial charge in [-0.05, 0) is 0 Å². The zero-order valence-electron chi connectivity index (χ0n) is 7.17. The molecule has 0 unspecified atom stereocenters. The Morgan fingerprint density at radius 1 is 1.79 bits per heavy atom. The van der Waals surface area contributed by atoms with Gasteiger partial charge in [0.05, 0.1) is 0 Å². The summed E-state index contributed by atoms with van der Waals surface area (Å²) in [7, 11) is 0. The third-order valence-corrected chi connectivity index (χ3v) is 2.91. The zero-order valence-corrected chi connectivity index (χ0v) is 7.99. The summed E-state index contributed by atoms with van der Waals surface area (Å²) in [5, 5.41) is 11.9. The maximum atomic E-state index is 11.7. The molecule has 0 bridgehead atoms. The molecule has 6 nitrogen and oxygen atoms in total. The van der Waals surface area contributed by atoms with Gasteiger partial charge in [0, 0.05) is 18.5 Å². The van der Waals surface area contributed by atoms with Gasteiger partial charge >= 0.3 is 0 Å². The van der Waals surface area contributed by atoms with Gasteiger partial charge in [-0.15, -0.1) is 0 Å². The molecule has 2 heterocycles. The summed E-state index contributed by atoms with van der Waals surface area (Å²) in [5.41, 5.74) is 5.21. The molecule has 0 aliphatic carbocycles. The van der Waals surface area contributed by atoms with Crippen molar-refractivity contribution >= 4 is 17.6 Å². The third kappa shape index (κ3) is 1.25. The first-order valence-corrected chi connectivity index (χ1v) is 4.93. The summed E-state index contributed by atoms with van der Waals surface area (Å²) in [5.74, 6) is 0.636. The molecule has 2 rings (SSSR count). The molecule has 0 fully saturated rings. The number of oxime groups is 1. The minimum atomic E-state index is -0.254. The Morgan fingerprint density at radius 3 is 3.29 bits per heavy atom. The summed E-state index contributed by atoms with van der Waals surface area (Å²) in [6, 6.07) is 0. The first-order chi connectivity index (χ1) is 6.74. The fraction of sp³-hybridized carbons (Fsp3) is 0.286. The number of rotatable bonds is 1. The van der Waals surface area contributed by atoms with E-state index in [2.05, 4.69) is 10.1 Å². The number of fused-ring (bicyclic) bond motifs is 1. The largest absolute Gasteiger partial charge is 0.409 e. The molecule has 0 spiro atoms. The Labute approximate surface area is 83.4 Å². The van der Waals surface area contributed by atoms with Crippen LogP contribution in [0.2, 0.25) is 0 Å². The van der Waals surface area contributed by atoms with E-state index in [1.165, 1.54) is 22.5 Å². The number of hydrogen-bond donors (Lipinski definition) is 2. The molecule has 14 heavy (non-hydrogen) atoms. The molecular weight excluding hydrogens is 204 g/mol. The maximum absolute atomic E-state index is 11.7. The van der Waals surface area contributed by atoms with E-state index in [0.29, 0.717) is 11.7 Å². The van der Waals surface area contributed by atoms with E-state index < -0.39 is 0 Å². The van der Waals surface area contributed by atoms with Gasteiger partial charge in [0.15, 0.2) is 11.0 Å². The molecular formula is C7H8N4O2S. The van der Waals surface area contributed by atoms with Gasteiger partial charge in [-0.1, -0.05) is 16.9 Å². The predicted molar refractivity (Wildman–Crippen MR) is 51.7 cm³/mol. The van der Waals surface area contributed by atoms with Crippen LogP contribution in [0.4, 0.5) is 0 Å². The number of hydrogen-bond acceptors (Lipinski definition) is 5. The summed E-state index contributed by atoms with van der Waals surface area (Å²) in [4.78, 5) is 15.7. The highest BCUT2D eigenvalue weighted by atomic mass is 32.2. The molecule has 1 aromatic rings. The van der Waals surface area contributed by atoms with Crippen molar-refractivity contribution in [3.8, 4) is 0 Å². The molecule has 0 radical (unpaired) electrons. The fourth-order valence-electron chi connectivity index (χ4n) is 1.25. The van der Waals surface area contributed by atoms with E-state index >= 15 is 0 Å². The first kappa shape index (κ1) is 9.07. The smallest absolute Gasteiger partial charge is 0.265 e. The van der Waals surface area contributed by atoms with Crippen LogP contribution in [0.15, 0.2) is 21.3 Å². The summed E-state index contributed by atoms with van der Waals surface area (Å²) < 4.78 is 1.53. The quantitative estimate of drug-likeness (QED) is 0.214. The molecule has 74 valence electrons. The van der Waals surface area contributed by atoms with Crippen LogP contribution >= 0.6 is 11.8 Å². The molecule has 0 aromatic carbocycles. The normalized spacial score (nSPS) is 15.6. The van der Waals surface area contributed by atoms with Crippen molar-refractivity contribution in [1.82, 2.24) is 9.55 Å². The lowest BCUT2D eigenvalue weighted by molar-refractivity contribution is 0.318. The summed E-state index contributed by atoms with van der Waals surface area (Å²) in [6.07, 6.45) is 1.33.